The van der Waals surface area contributed by atoms with Crippen molar-refractivity contribution in [1.82, 2.24) is 9.97 Å². The Kier molecular flexibility index (Phi) is 5.31. The van der Waals surface area contributed by atoms with Crippen molar-refractivity contribution in [3.05, 3.63) is 69.3 Å². The van der Waals surface area contributed by atoms with Gasteiger partial charge in [-0.15, -0.1) is 11.3 Å². The second-order valence-electron chi connectivity index (χ2n) is 5.41. The highest BCUT2D eigenvalue weighted by Crippen LogP contribution is 2.25. The van der Waals surface area contributed by atoms with Crippen molar-refractivity contribution in [2.45, 2.75) is 13.3 Å². The molecule has 3 aromatic rings. The van der Waals surface area contributed by atoms with Crippen LogP contribution < -0.4 is 10.1 Å². The number of methoxy groups -OCH3 is 1. The van der Waals surface area contributed by atoms with Gasteiger partial charge in [0.15, 0.2) is 5.13 Å². The van der Waals surface area contributed by atoms with Crippen LogP contribution in [0.15, 0.2) is 42.7 Å². The van der Waals surface area contributed by atoms with Crippen LogP contribution in [0.5, 0.6) is 5.88 Å². The Labute approximate surface area is 154 Å². The number of hydrogen-bond donors (Lipinski definition) is 1. The molecule has 0 saturated heterocycles. The number of benzene rings is 1. The van der Waals surface area contributed by atoms with Gasteiger partial charge in [-0.2, -0.15) is 0 Å². The first-order valence-corrected chi connectivity index (χ1v) is 8.76. The average molecular weight is 374 g/mol. The van der Waals surface area contributed by atoms with E-state index in [2.05, 4.69) is 15.3 Å². The van der Waals surface area contributed by atoms with Crippen LogP contribution in [-0.2, 0) is 6.42 Å². The molecule has 0 atom stereocenters. The zero-order valence-electron chi connectivity index (χ0n) is 13.7. The lowest BCUT2D eigenvalue weighted by molar-refractivity contribution is 0.102. The standard InChI is InChI=1S/C18H16ClN3O2S/c1-11-5-6-12(9-15(11)19)8-13-10-21-18(25-13)22-16(23)14-4-3-7-20-17(14)24-2/h3-7,9-10H,8H2,1-2H3,(H,21,22,23). The molecule has 0 saturated carbocycles. The number of ether oxygens (including phenoxy) is 1. The van der Waals surface area contributed by atoms with Crippen molar-refractivity contribution >= 4 is 34.0 Å². The number of hydrogen-bond acceptors (Lipinski definition) is 5. The summed E-state index contributed by atoms with van der Waals surface area (Å²) in [5.41, 5.74) is 2.52. The van der Waals surface area contributed by atoms with Gasteiger partial charge in [0.2, 0.25) is 5.88 Å². The van der Waals surface area contributed by atoms with E-state index in [9.17, 15) is 4.79 Å². The minimum atomic E-state index is -0.302. The zero-order valence-corrected chi connectivity index (χ0v) is 15.3. The van der Waals surface area contributed by atoms with E-state index >= 15 is 0 Å². The summed E-state index contributed by atoms with van der Waals surface area (Å²) in [6.07, 6.45) is 4.04. The summed E-state index contributed by atoms with van der Waals surface area (Å²) < 4.78 is 5.11. The number of halogens is 1. The fourth-order valence-electron chi connectivity index (χ4n) is 2.29. The van der Waals surface area contributed by atoms with Crippen LogP contribution in [0.4, 0.5) is 5.13 Å². The summed E-state index contributed by atoms with van der Waals surface area (Å²) in [6.45, 7) is 1.97. The van der Waals surface area contributed by atoms with Crippen molar-refractivity contribution in [2.24, 2.45) is 0 Å². The Morgan fingerprint density at radius 1 is 1.32 bits per heavy atom. The van der Waals surface area contributed by atoms with Gasteiger partial charge < -0.3 is 4.74 Å². The Bertz CT molecular complexity index is 911. The van der Waals surface area contributed by atoms with Gasteiger partial charge in [-0.3, -0.25) is 10.1 Å². The summed E-state index contributed by atoms with van der Waals surface area (Å²) in [5.74, 6) is -0.0182. The number of carbonyl (C=O) groups is 1. The highest BCUT2D eigenvalue weighted by molar-refractivity contribution is 7.15. The third-order valence-corrected chi connectivity index (χ3v) is 4.92. The van der Waals surface area contributed by atoms with Crippen LogP contribution in [0.2, 0.25) is 5.02 Å². The van der Waals surface area contributed by atoms with E-state index in [0.717, 1.165) is 21.0 Å². The summed E-state index contributed by atoms with van der Waals surface area (Å²) in [4.78, 5) is 21.7. The number of amides is 1. The number of nitrogens with one attached hydrogen (secondary N) is 1. The normalized spacial score (nSPS) is 10.5. The molecule has 128 valence electrons. The smallest absolute Gasteiger partial charge is 0.262 e. The number of nitrogens with zero attached hydrogens (tertiary/aromatic N) is 2. The number of thiazole rings is 1. The summed E-state index contributed by atoms with van der Waals surface area (Å²) in [6, 6.07) is 9.33. The van der Waals surface area contributed by atoms with E-state index in [1.54, 1.807) is 24.5 Å². The first-order valence-electron chi connectivity index (χ1n) is 7.57. The maximum absolute atomic E-state index is 12.4. The van der Waals surface area contributed by atoms with Gasteiger partial charge in [-0.05, 0) is 36.2 Å². The minimum absolute atomic E-state index is 0.283. The molecular formula is C18H16ClN3O2S. The van der Waals surface area contributed by atoms with E-state index in [4.69, 9.17) is 16.3 Å². The maximum Gasteiger partial charge on any atom is 0.262 e. The summed E-state index contributed by atoms with van der Waals surface area (Å²) in [5, 5.41) is 4.06. The maximum atomic E-state index is 12.4. The largest absolute Gasteiger partial charge is 0.480 e. The Balaban J connectivity index is 1.71. The molecule has 0 spiro atoms. The van der Waals surface area contributed by atoms with Gasteiger partial charge in [0.1, 0.15) is 5.56 Å². The van der Waals surface area contributed by atoms with E-state index in [-0.39, 0.29) is 11.8 Å². The molecule has 5 nitrogen and oxygen atoms in total. The minimum Gasteiger partial charge on any atom is -0.480 e. The summed E-state index contributed by atoms with van der Waals surface area (Å²) >= 11 is 7.59. The number of rotatable bonds is 5. The molecule has 1 N–H and O–H groups in total. The van der Waals surface area contributed by atoms with Gasteiger partial charge in [0.05, 0.1) is 7.11 Å². The molecule has 1 aromatic carbocycles. The van der Waals surface area contributed by atoms with E-state index in [0.29, 0.717) is 17.1 Å². The van der Waals surface area contributed by atoms with Crippen LogP contribution in [0, 0.1) is 6.92 Å². The third-order valence-electron chi connectivity index (χ3n) is 3.60. The van der Waals surface area contributed by atoms with Crippen molar-refractivity contribution in [3.63, 3.8) is 0 Å². The van der Waals surface area contributed by atoms with Gasteiger partial charge in [-0.25, -0.2) is 9.97 Å². The molecule has 7 heteroatoms. The lowest BCUT2D eigenvalue weighted by Crippen LogP contribution is -2.13. The summed E-state index contributed by atoms with van der Waals surface area (Å²) in [7, 11) is 1.48. The molecule has 0 unspecified atom stereocenters. The fourth-order valence-corrected chi connectivity index (χ4v) is 3.33. The van der Waals surface area contributed by atoms with Crippen LogP contribution >= 0.6 is 22.9 Å². The molecule has 25 heavy (non-hydrogen) atoms. The number of aryl methyl sites for hydroxylation is 1. The molecule has 3 rings (SSSR count). The molecule has 2 aromatic heterocycles. The predicted octanol–water partition coefficient (Wildman–Crippen LogP) is 4.35. The molecule has 0 radical (unpaired) electrons. The van der Waals surface area contributed by atoms with E-state index in [1.807, 2.05) is 25.1 Å². The first-order chi connectivity index (χ1) is 12.1. The van der Waals surface area contributed by atoms with Gasteiger partial charge in [0, 0.05) is 28.7 Å². The predicted molar refractivity (Wildman–Crippen MR) is 99.9 cm³/mol. The molecule has 0 aliphatic carbocycles. The molecule has 0 aliphatic heterocycles. The fraction of sp³-hybridized carbons (Fsp3) is 0.167. The van der Waals surface area contributed by atoms with E-state index in [1.165, 1.54) is 18.4 Å². The second kappa shape index (κ2) is 7.63. The lowest BCUT2D eigenvalue weighted by Gasteiger charge is -2.05. The second-order valence-corrected chi connectivity index (χ2v) is 6.93. The highest BCUT2D eigenvalue weighted by Gasteiger charge is 2.14. The number of pyridine rings is 1. The monoisotopic (exact) mass is 373 g/mol. The molecule has 0 fully saturated rings. The Hall–Kier alpha value is -2.44. The first kappa shape index (κ1) is 17.4. The molecule has 0 aliphatic rings. The average Bonchev–Trinajstić information content (AvgIpc) is 3.05. The SMILES string of the molecule is COc1ncccc1C(=O)Nc1ncc(Cc2ccc(C)c(Cl)c2)s1. The lowest BCUT2D eigenvalue weighted by atomic mass is 10.1. The third kappa shape index (κ3) is 4.15. The van der Waals surface area contributed by atoms with Gasteiger partial charge in [0.25, 0.3) is 5.91 Å². The zero-order chi connectivity index (χ0) is 17.8. The Morgan fingerprint density at radius 2 is 2.16 bits per heavy atom. The molecule has 0 bridgehead atoms. The number of anilines is 1. The van der Waals surface area contributed by atoms with Gasteiger partial charge in [-0.1, -0.05) is 23.7 Å². The number of aromatic nitrogens is 2. The quantitative estimate of drug-likeness (QED) is 0.722. The van der Waals surface area contributed by atoms with Crippen molar-refractivity contribution in [3.8, 4) is 5.88 Å². The molecule has 1 amide bonds. The van der Waals surface area contributed by atoms with Crippen LogP contribution in [0.1, 0.15) is 26.4 Å². The topological polar surface area (TPSA) is 64.1 Å². The van der Waals surface area contributed by atoms with Crippen molar-refractivity contribution in [2.75, 3.05) is 12.4 Å². The van der Waals surface area contributed by atoms with Crippen molar-refractivity contribution in [1.29, 1.82) is 0 Å². The number of carbonyl (C=O) groups excluding carboxylic acids is 1. The van der Waals surface area contributed by atoms with Crippen LogP contribution in [-0.4, -0.2) is 23.0 Å². The molecular weight excluding hydrogens is 358 g/mol. The van der Waals surface area contributed by atoms with E-state index < -0.39 is 0 Å². The van der Waals surface area contributed by atoms with Crippen LogP contribution in [0.3, 0.4) is 0 Å². The van der Waals surface area contributed by atoms with Crippen molar-refractivity contribution < 1.29 is 9.53 Å². The van der Waals surface area contributed by atoms with Gasteiger partial charge >= 0.3 is 0 Å². The Morgan fingerprint density at radius 3 is 2.92 bits per heavy atom. The van der Waals surface area contributed by atoms with Crippen LogP contribution in [0.25, 0.3) is 0 Å². The molecule has 2 heterocycles. The highest BCUT2D eigenvalue weighted by atomic mass is 35.5.